The smallest absolute Gasteiger partial charge is 0.334 e. The van der Waals surface area contributed by atoms with Gasteiger partial charge in [-0.15, -0.1) is 0 Å². The first-order chi connectivity index (χ1) is 9.29. The number of nitrogens with zero attached hydrogens (tertiary/aromatic N) is 1. The van der Waals surface area contributed by atoms with Crippen LogP contribution < -0.4 is 0 Å². The zero-order chi connectivity index (χ0) is 15.7. The fourth-order valence-corrected chi connectivity index (χ4v) is 1.37. The van der Waals surface area contributed by atoms with Crippen molar-refractivity contribution in [3.8, 4) is 0 Å². The topological polar surface area (TPSA) is 87.1 Å². The molecule has 0 saturated heterocycles. The zero-order valence-electron chi connectivity index (χ0n) is 12.5. The van der Waals surface area contributed by atoms with Gasteiger partial charge in [0.2, 0.25) is 0 Å². The van der Waals surface area contributed by atoms with Crippen molar-refractivity contribution in [2.45, 2.75) is 20.3 Å². The lowest BCUT2D eigenvalue weighted by Gasteiger charge is -2.12. The molecule has 0 saturated carbocycles. The van der Waals surface area contributed by atoms with Gasteiger partial charge in [-0.25, -0.2) is 9.59 Å². The fourth-order valence-electron chi connectivity index (χ4n) is 1.37. The Hall–Kier alpha value is -1.66. The van der Waals surface area contributed by atoms with Crippen LogP contribution in [-0.4, -0.2) is 60.9 Å². The normalized spacial score (nSPS) is 13.2. The first kappa shape index (κ1) is 18.3. The molecule has 0 bridgehead atoms. The number of esters is 1. The van der Waals surface area contributed by atoms with E-state index in [2.05, 4.69) is 0 Å². The molecule has 0 aromatic heterocycles. The number of carboxylic acids is 1. The average molecular weight is 285 g/mol. The van der Waals surface area contributed by atoms with E-state index >= 15 is 0 Å². The molecule has 0 aromatic carbocycles. The van der Waals surface area contributed by atoms with Gasteiger partial charge in [0, 0.05) is 24.3 Å². The van der Waals surface area contributed by atoms with E-state index in [1.165, 1.54) is 13.0 Å². The second-order valence-corrected chi connectivity index (χ2v) is 4.70. The highest BCUT2D eigenvalue weighted by Gasteiger charge is 2.12. The maximum atomic E-state index is 11.8. The highest BCUT2D eigenvalue weighted by molar-refractivity contribution is 5.91. The Labute approximate surface area is 119 Å². The zero-order valence-corrected chi connectivity index (χ0v) is 12.5. The molecule has 0 fully saturated rings. The lowest BCUT2D eigenvalue weighted by molar-refractivity contribution is -0.139. The maximum absolute atomic E-state index is 11.8. The number of carbonyl (C=O) groups excluding carboxylic acids is 1. The van der Waals surface area contributed by atoms with Crippen molar-refractivity contribution in [2.24, 2.45) is 0 Å². The van der Waals surface area contributed by atoms with Gasteiger partial charge in [0.15, 0.2) is 0 Å². The van der Waals surface area contributed by atoms with E-state index in [4.69, 9.17) is 14.9 Å². The molecule has 0 rings (SSSR count). The Morgan fingerprint density at radius 2 is 1.85 bits per heavy atom. The molecular weight excluding hydrogens is 262 g/mol. The molecule has 0 heterocycles. The van der Waals surface area contributed by atoms with Gasteiger partial charge in [-0.1, -0.05) is 0 Å². The summed E-state index contributed by atoms with van der Waals surface area (Å²) in [6.07, 6.45) is 1.60. The Balaban J connectivity index is 4.95. The minimum absolute atomic E-state index is 0.105. The van der Waals surface area contributed by atoms with Crippen LogP contribution in [0.3, 0.4) is 0 Å². The van der Waals surface area contributed by atoms with Crippen LogP contribution in [0.5, 0.6) is 0 Å². The lowest BCUT2D eigenvalue weighted by atomic mass is 10.0. The first-order valence-electron chi connectivity index (χ1n) is 6.33. The second kappa shape index (κ2) is 9.28. The van der Waals surface area contributed by atoms with Crippen molar-refractivity contribution < 1.29 is 24.5 Å². The molecule has 6 heteroatoms. The SMILES string of the molecule is CC(=CC(CCO)=C(C)C(=O)OCCN(C)C)C(=O)O. The largest absolute Gasteiger partial charge is 0.478 e. The van der Waals surface area contributed by atoms with Gasteiger partial charge < -0.3 is 19.8 Å². The summed E-state index contributed by atoms with van der Waals surface area (Å²) < 4.78 is 5.09. The molecule has 2 N–H and O–H groups in total. The quantitative estimate of drug-likeness (QED) is 0.390. The molecule has 0 aliphatic carbocycles. The Morgan fingerprint density at radius 1 is 1.25 bits per heavy atom. The third kappa shape index (κ3) is 7.06. The van der Waals surface area contributed by atoms with E-state index in [9.17, 15) is 9.59 Å². The van der Waals surface area contributed by atoms with Crippen LogP contribution in [-0.2, 0) is 14.3 Å². The van der Waals surface area contributed by atoms with E-state index in [1.54, 1.807) is 6.92 Å². The number of hydrogen-bond acceptors (Lipinski definition) is 5. The average Bonchev–Trinajstić information content (AvgIpc) is 2.36. The van der Waals surface area contributed by atoms with Gasteiger partial charge in [0.05, 0.1) is 0 Å². The summed E-state index contributed by atoms with van der Waals surface area (Å²) >= 11 is 0. The summed E-state index contributed by atoms with van der Waals surface area (Å²) in [6.45, 7) is 3.70. The van der Waals surface area contributed by atoms with Crippen molar-refractivity contribution in [3.05, 3.63) is 22.8 Å². The molecule has 0 radical (unpaired) electrons. The summed E-state index contributed by atoms with van der Waals surface area (Å²) in [5.74, 6) is -1.56. The van der Waals surface area contributed by atoms with Gasteiger partial charge in [-0.05, 0) is 46.0 Å². The molecule has 0 amide bonds. The van der Waals surface area contributed by atoms with E-state index in [0.29, 0.717) is 17.7 Å². The lowest BCUT2D eigenvalue weighted by Crippen LogP contribution is -2.20. The van der Waals surface area contributed by atoms with Crippen LogP contribution in [0.1, 0.15) is 20.3 Å². The Morgan fingerprint density at radius 3 is 2.30 bits per heavy atom. The van der Waals surface area contributed by atoms with Crippen LogP contribution in [0.4, 0.5) is 0 Å². The number of hydrogen-bond donors (Lipinski definition) is 2. The van der Waals surface area contributed by atoms with Gasteiger partial charge in [0.25, 0.3) is 0 Å². The number of likely N-dealkylation sites (N-methyl/N-ethyl adjacent to an activating group) is 1. The van der Waals surface area contributed by atoms with Crippen LogP contribution in [0.2, 0.25) is 0 Å². The number of ether oxygens (including phenoxy) is 1. The summed E-state index contributed by atoms with van der Waals surface area (Å²) in [4.78, 5) is 24.5. The van der Waals surface area contributed by atoms with Gasteiger partial charge in [-0.3, -0.25) is 0 Å². The Bertz CT molecular complexity index is 410. The number of allylic oxidation sites excluding steroid dienone is 1. The molecule has 6 nitrogen and oxygen atoms in total. The minimum Gasteiger partial charge on any atom is -0.478 e. The molecule has 0 aromatic rings. The number of aliphatic hydroxyl groups is 1. The fraction of sp³-hybridized carbons (Fsp3) is 0.571. The first-order valence-corrected chi connectivity index (χ1v) is 6.33. The van der Waals surface area contributed by atoms with Crippen molar-refractivity contribution in [3.63, 3.8) is 0 Å². The summed E-state index contributed by atoms with van der Waals surface area (Å²) in [7, 11) is 3.74. The number of carboxylic acid groups (broad SMARTS) is 1. The third-order valence-electron chi connectivity index (χ3n) is 2.67. The summed E-state index contributed by atoms with van der Waals surface area (Å²) in [6, 6.07) is 0. The molecule has 0 unspecified atom stereocenters. The standard InChI is InChI=1S/C14H23NO5/c1-10(13(17)18)9-12(5-7-16)11(2)14(19)20-8-6-15(3)4/h9,16H,5-8H2,1-4H3,(H,17,18). The summed E-state index contributed by atoms with van der Waals surface area (Å²) in [5, 5.41) is 17.8. The predicted octanol–water partition coefficient (Wildman–Crippen LogP) is 0.821. The molecule has 0 spiro atoms. The third-order valence-corrected chi connectivity index (χ3v) is 2.67. The van der Waals surface area contributed by atoms with E-state index < -0.39 is 11.9 Å². The predicted molar refractivity (Wildman–Crippen MR) is 75.3 cm³/mol. The minimum atomic E-state index is -1.06. The van der Waals surface area contributed by atoms with Crippen LogP contribution >= 0.6 is 0 Å². The number of rotatable bonds is 8. The van der Waals surface area contributed by atoms with E-state index in [1.807, 2.05) is 19.0 Å². The second-order valence-electron chi connectivity index (χ2n) is 4.70. The number of carbonyl (C=O) groups is 2. The molecule has 20 heavy (non-hydrogen) atoms. The highest BCUT2D eigenvalue weighted by atomic mass is 16.5. The van der Waals surface area contributed by atoms with E-state index in [0.717, 1.165) is 0 Å². The van der Waals surface area contributed by atoms with Gasteiger partial charge in [-0.2, -0.15) is 0 Å². The van der Waals surface area contributed by atoms with Crippen molar-refractivity contribution >= 4 is 11.9 Å². The van der Waals surface area contributed by atoms with Gasteiger partial charge in [0.1, 0.15) is 6.61 Å². The maximum Gasteiger partial charge on any atom is 0.334 e. The Kier molecular flexibility index (Phi) is 8.51. The molecule has 0 atom stereocenters. The van der Waals surface area contributed by atoms with Crippen LogP contribution in [0, 0.1) is 0 Å². The highest BCUT2D eigenvalue weighted by Crippen LogP contribution is 2.14. The molecular formula is C14H23NO5. The molecule has 0 aliphatic rings. The number of aliphatic carboxylic acids is 1. The van der Waals surface area contributed by atoms with Crippen molar-refractivity contribution in [2.75, 3.05) is 33.9 Å². The van der Waals surface area contributed by atoms with Gasteiger partial charge >= 0.3 is 11.9 Å². The number of aliphatic hydroxyl groups excluding tert-OH is 1. The van der Waals surface area contributed by atoms with Crippen molar-refractivity contribution in [1.82, 2.24) is 4.90 Å². The summed E-state index contributed by atoms with van der Waals surface area (Å²) in [5.41, 5.74) is 0.898. The molecule has 114 valence electrons. The van der Waals surface area contributed by atoms with Crippen molar-refractivity contribution in [1.29, 1.82) is 0 Å². The van der Waals surface area contributed by atoms with Crippen LogP contribution in [0.15, 0.2) is 22.8 Å². The van der Waals surface area contributed by atoms with E-state index in [-0.39, 0.29) is 25.2 Å². The van der Waals surface area contributed by atoms with Crippen LogP contribution in [0.25, 0.3) is 0 Å². The monoisotopic (exact) mass is 285 g/mol. The molecule has 0 aliphatic heterocycles.